The van der Waals surface area contributed by atoms with Crippen LogP contribution in [0.2, 0.25) is 0 Å². The Bertz CT molecular complexity index is 401. The number of rotatable bonds is 5. The van der Waals surface area contributed by atoms with Crippen molar-refractivity contribution in [1.29, 1.82) is 0 Å². The van der Waals surface area contributed by atoms with Crippen molar-refractivity contribution in [1.82, 2.24) is 9.29 Å². The normalized spacial score (nSPS) is 11.9. The summed E-state index contributed by atoms with van der Waals surface area (Å²) in [6.07, 6.45) is 1.99. The predicted molar refractivity (Wildman–Crippen MR) is 61.4 cm³/mol. The van der Waals surface area contributed by atoms with Gasteiger partial charge in [0.1, 0.15) is 0 Å². The highest BCUT2D eigenvalue weighted by Gasteiger charge is 2.02. The van der Waals surface area contributed by atoms with Gasteiger partial charge in [0, 0.05) is 24.5 Å². The van der Waals surface area contributed by atoms with Crippen LogP contribution in [0.25, 0.3) is 0 Å². The van der Waals surface area contributed by atoms with E-state index in [1.54, 1.807) is 0 Å². The third kappa shape index (κ3) is 4.05. The van der Waals surface area contributed by atoms with Crippen LogP contribution in [0.15, 0.2) is 12.1 Å². The van der Waals surface area contributed by atoms with Crippen molar-refractivity contribution in [2.45, 2.75) is 26.8 Å². The molecule has 86 valence electrons. The molecule has 4 nitrogen and oxygen atoms in total. The lowest BCUT2D eigenvalue weighted by molar-refractivity contribution is 0.571. The Labute approximate surface area is 91.4 Å². The summed E-state index contributed by atoms with van der Waals surface area (Å²) in [7, 11) is -3.04. The van der Waals surface area contributed by atoms with Crippen molar-refractivity contribution in [3.05, 3.63) is 23.5 Å². The maximum Gasteiger partial charge on any atom is 0.208 e. The zero-order valence-electron chi connectivity index (χ0n) is 9.45. The van der Waals surface area contributed by atoms with Crippen LogP contribution in [0.4, 0.5) is 0 Å². The fourth-order valence-corrected chi connectivity index (χ4v) is 2.06. The summed E-state index contributed by atoms with van der Waals surface area (Å²) < 4.78 is 26.3. The maximum atomic E-state index is 10.8. The zero-order valence-corrected chi connectivity index (χ0v) is 10.3. The molecule has 1 N–H and O–H groups in total. The van der Waals surface area contributed by atoms with Gasteiger partial charge in [-0.15, -0.1) is 0 Å². The lowest BCUT2D eigenvalue weighted by Crippen LogP contribution is -2.24. The van der Waals surface area contributed by atoms with Gasteiger partial charge in [-0.25, -0.2) is 13.1 Å². The minimum atomic E-state index is -3.04. The molecule has 0 aromatic carbocycles. The summed E-state index contributed by atoms with van der Waals surface area (Å²) in [6, 6.07) is 4.14. The van der Waals surface area contributed by atoms with E-state index >= 15 is 0 Å². The van der Waals surface area contributed by atoms with E-state index in [4.69, 9.17) is 0 Å². The number of aromatic nitrogens is 1. The van der Waals surface area contributed by atoms with E-state index in [-0.39, 0.29) is 0 Å². The van der Waals surface area contributed by atoms with Crippen LogP contribution in [0, 0.1) is 13.8 Å². The zero-order chi connectivity index (χ0) is 11.5. The molecule has 0 bridgehead atoms. The number of nitrogens with one attached hydrogen (secondary N) is 1. The summed E-state index contributed by atoms with van der Waals surface area (Å²) in [4.78, 5) is 0. The van der Waals surface area contributed by atoms with Gasteiger partial charge in [0.05, 0.1) is 6.26 Å². The first kappa shape index (κ1) is 12.3. The summed E-state index contributed by atoms with van der Waals surface area (Å²) in [5, 5.41) is 0. The largest absolute Gasteiger partial charge is 0.349 e. The van der Waals surface area contributed by atoms with Gasteiger partial charge in [-0.2, -0.15) is 0 Å². The predicted octanol–water partition coefficient (Wildman–Crippen LogP) is 1.04. The second-order valence-corrected chi connectivity index (χ2v) is 5.62. The van der Waals surface area contributed by atoms with Gasteiger partial charge in [0.15, 0.2) is 0 Å². The Hall–Kier alpha value is -0.810. The van der Waals surface area contributed by atoms with Crippen molar-refractivity contribution >= 4 is 10.0 Å². The van der Waals surface area contributed by atoms with E-state index in [1.807, 2.05) is 0 Å². The van der Waals surface area contributed by atoms with E-state index in [2.05, 4.69) is 35.3 Å². The molecule has 0 unspecified atom stereocenters. The molecule has 0 aliphatic rings. The average molecular weight is 230 g/mol. The Balaban J connectivity index is 2.39. The van der Waals surface area contributed by atoms with E-state index in [0.717, 1.165) is 13.0 Å². The van der Waals surface area contributed by atoms with Crippen LogP contribution in [-0.4, -0.2) is 25.8 Å². The molecular formula is C10H18N2O2S. The third-order valence-corrected chi connectivity index (χ3v) is 3.07. The molecule has 0 amide bonds. The fraction of sp³-hybridized carbons (Fsp3) is 0.600. The first-order chi connectivity index (χ1) is 6.90. The number of hydrogen-bond donors (Lipinski definition) is 1. The monoisotopic (exact) mass is 230 g/mol. The molecule has 1 heterocycles. The summed E-state index contributed by atoms with van der Waals surface area (Å²) in [5.41, 5.74) is 2.43. The summed E-state index contributed by atoms with van der Waals surface area (Å²) in [5.74, 6) is 0. The van der Waals surface area contributed by atoms with Gasteiger partial charge in [-0.1, -0.05) is 0 Å². The summed E-state index contributed by atoms with van der Waals surface area (Å²) in [6.45, 7) is 5.46. The van der Waals surface area contributed by atoms with Crippen LogP contribution in [0.3, 0.4) is 0 Å². The van der Waals surface area contributed by atoms with E-state index in [9.17, 15) is 8.42 Å². The quantitative estimate of drug-likeness (QED) is 0.769. The number of nitrogens with zero attached hydrogens (tertiary/aromatic N) is 1. The smallest absolute Gasteiger partial charge is 0.208 e. The minimum absolute atomic E-state index is 0.496. The van der Waals surface area contributed by atoms with Crippen molar-refractivity contribution in [3.8, 4) is 0 Å². The van der Waals surface area contributed by atoms with Crippen molar-refractivity contribution in [3.63, 3.8) is 0 Å². The molecule has 0 radical (unpaired) electrons. The molecule has 0 saturated carbocycles. The van der Waals surface area contributed by atoms with Gasteiger partial charge in [0.25, 0.3) is 0 Å². The Morgan fingerprint density at radius 2 is 1.80 bits per heavy atom. The Kier molecular flexibility index (Phi) is 3.93. The Morgan fingerprint density at radius 3 is 2.27 bits per heavy atom. The minimum Gasteiger partial charge on any atom is -0.349 e. The topological polar surface area (TPSA) is 51.1 Å². The third-order valence-electron chi connectivity index (χ3n) is 2.34. The number of hydrogen-bond acceptors (Lipinski definition) is 2. The first-order valence-electron chi connectivity index (χ1n) is 4.97. The van der Waals surface area contributed by atoms with Gasteiger partial charge < -0.3 is 4.57 Å². The fourth-order valence-electron chi connectivity index (χ4n) is 1.55. The van der Waals surface area contributed by atoms with Gasteiger partial charge in [-0.05, 0) is 32.4 Å². The summed E-state index contributed by atoms with van der Waals surface area (Å²) >= 11 is 0. The molecule has 1 aromatic rings. The highest BCUT2D eigenvalue weighted by Crippen LogP contribution is 2.07. The second-order valence-electron chi connectivity index (χ2n) is 3.79. The van der Waals surface area contributed by atoms with Crippen molar-refractivity contribution in [2.75, 3.05) is 12.8 Å². The average Bonchev–Trinajstić information content (AvgIpc) is 2.40. The lowest BCUT2D eigenvalue weighted by Gasteiger charge is -2.09. The molecular weight excluding hydrogens is 212 g/mol. The molecule has 1 rings (SSSR count). The SMILES string of the molecule is Cc1ccc(C)n1CCCNS(C)(=O)=O. The van der Waals surface area contributed by atoms with E-state index in [1.165, 1.54) is 17.6 Å². The molecule has 0 aliphatic heterocycles. The molecule has 5 heteroatoms. The molecule has 15 heavy (non-hydrogen) atoms. The maximum absolute atomic E-state index is 10.8. The van der Waals surface area contributed by atoms with Crippen LogP contribution in [0.5, 0.6) is 0 Å². The van der Waals surface area contributed by atoms with Gasteiger partial charge in [0.2, 0.25) is 10.0 Å². The van der Waals surface area contributed by atoms with E-state index < -0.39 is 10.0 Å². The lowest BCUT2D eigenvalue weighted by atomic mass is 10.4. The molecule has 0 spiro atoms. The van der Waals surface area contributed by atoms with Crippen LogP contribution in [-0.2, 0) is 16.6 Å². The van der Waals surface area contributed by atoms with Crippen molar-refractivity contribution < 1.29 is 8.42 Å². The second kappa shape index (κ2) is 4.81. The number of sulfonamides is 1. The standard InChI is InChI=1S/C10H18N2O2S/c1-9-5-6-10(2)12(9)8-4-7-11-15(3,13)14/h5-6,11H,4,7-8H2,1-3H3. The van der Waals surface area contributed by atoms with Gasteiger partial charge in [-0.3, -0.25) is 0 Å². The van der Waals surface area contributed by atoms with Crippen LogP contribution >= 0.6 is 0 Å². The number of aryl methyl sites for hydroxylation is 2. The molecule has 0 saturated heterocycles. The van der Waals surface area contributed by atoms with Crippen LogP contribution in [0.1, 0.15) is 17.8 Å². The highest BCUT2D eigenvalue weighted by atomic mass is 32.2. The van der Waals surface area contributed by atoms with E-state index in [0.29, 0.717) is 6.54 Å². The molecule has 0 aliphatic carbocycles. The molecule has 0 atom stereocenters. The molecule has 1 aromatic heterocycles. The van der Waals surface area contributed by atoms with Gasteiger partial charge >= 0.3 is 0 Å². The first-order valence-corrected chi connectivity index (χ1v) is 6.86. The van der Waals surface area contributed by atoms with Crippen molar-refractivity contribution in [2.24, 2.45) is 0 Å². The highest BCUT2D eigenvalue weighted by molar-refractivity contribution is 7.88. The Morgan fingerprint density at radius 1 is 1.27 bits per heavy atom. The molecule has 0 fully saturated rings. The van der Waals surface area contributed by atoms with Crippen LogP contribution < -0.4 is 4.72 Å².